The second kappa shape index (κ2) is 7.46. The van der Waals surface area contributed by atoms with Crippen molar-refractivity contribution in [3.05, 3.63) is 35.1 Å². The van der Waals surface area contributed by atoms with E-state index >= 15 is 0 Å². The normalized spacial score (nSPS) is 14.5. The Morgan fingerprint density at radius 1 is 1.44 bits per heavy atom. The van der Waals surface area contributed by atoms with Crippen LogP contribution in [-0.4, -0.2) is 31.0 Å². The van der Waals surface area contributed by atoms with Crippen LogP contribution in [0.15, 0.2) is 18.2 Å². The third-order valence-electron chi connectivity index (χ3n) is 2.87. The van der Waals surface area contributed by atoms with E-state index in [1.807, 2.05) is 19.9 Å². The minimum atomic E-state index is -0.539. The first kappa shape index (κ1) is 15.1. The summed E-state index contributed by atoms with van der Waals surface area (Å²) in [6.45, 7) is 6.91. The summed E-state index contributed by atoms with van der Waals surface area (Å²) in [5.74, 6) is -0.198. The smallest absolute Gasteiger partial charge is 0.126 e. The first-order chi connectivity index (χ1) is 8.54. The summed E-state index contributed by atoms with van der Waals surface area (Å²) in [6, 6.07) is 5.18. The molecule has 18 heavy (non-hydrogen) atoms. The van der Waals surface area contributed by atoms with Crippen molar-refractivity contribution in [3.8, 4) is 0 Å². The fourth-order valence-electron chi connectivity index (χ4n) is 1.62. The largest absolute Gasteiger partial charge is 0.389 e. The Hall–Kier alpha value is -0.970. The van der Waals surface area contributed by atoms with Gasteiger partial charge in [0.2, 0.25) is 0 Å². The Kier molecular flexibility index (Phi) is 6.25. The van der Waals surface area contributed by atoms with Crippen molar-refractivity contribution in [1.29, 1.82) is 0 Å². The second-order valence-corrected chi connectivity index (χ2v) is 4.45. The molecule has 3 nitrogen and oxygen atoms in total. The van der Waals surface area contributed by atoms with Gasteiger partial charge in [0.1, 0.15) is 5.82 Å². The third kappa shape index (κ3) is 4.72. The summed E-state index contributed by atoms with van der Waals surface area (Å²) in [5, 5.41) is 12.8. The zero-order valence-corrected chi connectivity index (χ0v) is 11.2. The van der Waals surface area contributed by atoms with Crippen LogP contribution < -0.4 is 5.32 Å². The number of nitrogens with one attached hydrogen (secondary N) is 1. The monoisotopic (exact) mass is 255 g/mol. The van der Waals surface area contributed by atoms with E-state index < -0.39 is 6.10 Å². The fourth-order valence-corrected chi connectivity index (χ4v) is 1.62. The summed E-state index contributed by atoms with van der Waals surface area (Å²) in [6.07, 6.45) is -0.539. The van der Waals surface area contributed by atoms with E-state index in [2.05, 4.69) is 5.32 Å². The quantitative estimate of drug-likeness (QED) is 0.784. The number of aliphatic hydroxyl groups is 1. The number of ether oxygens (including phenoxy) is 1. The number of hydrogen-bond donors (Lipinski definition) is 2. The third-order valence-corrected chi connectivity index (χ3v) is 2.87. The highest BCUT2D eigenvalue weighted by atomic mass is 19.1. The van der Waals surface area contributed by atoms with Gasteiger partial charge < -0.3 is 15.2 Å². The van der Waals surface area contributed by atoms with Crippen molar-refractivity contribution in [2.45, 2.75) is 32.9 Å². The van der Waals surface area contributed by atoms with Crippen LogP contribution in [0.2, 0.25) is 0 Å². The van der Waals surface area contributed by atoms with Gasteiger partial charge in [-0.15, -0.1) is 0 Å². The number of halogens is 1. The van der Waals surface area contributed by atoms with Crippen molar-refractivity contribution in [2.75, 3.05) is 19.8 Å². The lowest BCUT2D eigenvalue weighted by atomic mass is 10.1. The lowest BCUT2D eigenvalue weighted by Gasteiger charge is -2.17. The van der Waals surface area contributed by atoms with Gasteiger partial charge in [0.25, 0.3) is 0 Å². The molecule has 0 fully saturated rings. The number of rotatable bonds is 7. The minimum Gasteiger partial charge on any atom is -0.389 e. The molecule has 0 aliphatic carbocycles. The van der Waals surface area contributed by atoms with Crippen LogP contribution in [0.25, 0.3) is 0 Å². The summed E-state index contributed by atoms with van der Waals surface area (Å²) < 4.78 is 18.5. The van der Waals surface area contributed by atoms with Gasteiger partial charge in [-0.25, -0.2) is 4.39 Å². The van der Waals surface area contributed by atoms with Crippen molar-refractivity contribution in [1.82, 2.24) is 5.32 Å². The maximum atomic E-state index is 13.4. The molecule has 1 aromatic carbocycles. The van der Waals surface area contributed by atoms with Crippen LogP contribution in [0.4, 0.5) is 4.39 Å². The molecule has 0 saturated heterocycles. The van der Waals surface area contributed by atoms with Crippen LogP contribution >= 0.6 is 0 Å². The standard InChI is InChI=1S/C14H22FNO2/c1-4-18-9-13(17)8-16-11(3)12-6-5-10(2)14(15)7-12/h5-7,11,13,16-17H,4,8-9H2,1-3H3. The molecular formula is C14H22FNO2. The molecule has 4 heteroatoms. The molecule has 1 rings (SSSR count). The van der Waals surface area contributed by atoms with Crippen molar-refractivity contribution in [3.63, 3.8) is 0 Å². The van der Waals surface area contributed by atoms with E-state index in [1.54, 1.807) is 13.0 Å². The Balaban J connectivity index is 2.44. The first-order valence-corrected chi connectivity index (χ1v) is 6.29. The Bertz CT molecular complexity index is 371. The van der Waals surface area contributed by atoms with E-state index in [1.165, 1.54) is 6.07 Å². The number of aliphatic hydroxyl groups excluding tert-OH is 1. The molecule has 0 saturated carbocycles. The molecule has 2 atom stereocenters. The predicted octanol–water partition coefficient (Wildman–Crippen LogP) is 2.18. The highest BCUT2D eigenvalue weighted by molar-refractivity contribution is 5.25. The lowest BCUT2D eigenvalue weighted by molar-refractivity contribution is 0.0416. The highest BCUT2D eigenvalue weighted by Crippen LogP contribution is 2.16. The Morgan fingerprint density at radius 3 is 2.78 bits per heavy atom. The van der Waals surface area contributed by atoms with Gasteiger partial charge in [0, 0.05) is 19.2 Å². The van der Waals surface area contributed by atoms with Crippen LogP contribution in [0.1, 0.15) is 31.0 Å². The lowest BCUT2D eigenvalue weighted by Crippen LogP contribution is -2.32. The SMILES string of the molecule is CCOCC(O)CNC(C)c1ccc(C)c(F)c1. The molecule has 2 N–H and O–H groups in total. The van der Waals surface area contributed by atoms with Gasteiger partial charge in [-0.2, -0.15) is 0 Å². The molecule has 0 spiro atoms. The second-order valence-electron chi connectivity index (χ2n) is 4.45. The number of hydrogen-bond acceptors (Lipinski definition) is 3. The average molecular weight is 255 g/mol. The number of benzene rings is 1. The van der Waals surface area contributed by atoms with E-state index in [4.69, 9.17) is 4.74 Å². The maximum Gasteiger partial charge on any atom is 0.126 e. The van der Waals surface area contributed by atoms with E-state index in [0.29, 0.717) is 25.3 Å². The van der Waals surface area contributed by atoms with E-state index in [9.17, 15) is 9.50 Å². The van der Waals surface area contributed by atoms with Crippen molar-refractivity contribution >= 4 is 0 Å². The molecule has 0 aliphatic rings. The minimum absolute atomic E-state index is 0.00336. The van der Waals surface area contributed by atoms with Crippen LogP contribution in [0, 0.1) is 12.7 Å². The van der Waals surface area contributed by atoms with E-state index in [-0.39, 0.29) is 11.9 Å². The molecule has 0 heterocycles. The van der Waals surface area contributed by atoms with Crippen LogP contribution in [0.5, 0.6) is 0 Å². The molecule has 0 amide bonds. The zero-order chi connectivity index (χ0) is 13.5. The van der Waals surface area contributed by atoms with Gasteiger partial charge in [-0.05, 0) is 38.0 Å². The van der Waals surface area contributed by atoms with Crippen molar-refractivity contribution < 1.29 is 14.2 Å². The van der Waals surface area contributed by atoms with E-state index in [0.717, 1.165) is 5.56 Å². The molecule has 0 aliphatic heterocycles. The molecule has 0 radical (unpaired) electrons. The molecular weight excluding hydrogens is 233 g/mol. The predicted molar refractivity (Wildman–Crippen MR) is 70.1 cm³/mol. The maximum absolute atomic E-state index is 13.4. The summed E-state index contributed by atoms with van der Waals surface area (Å²) in [7, 11) is 0. The van der Waals surface area contributed by atoms with Gasteiger partial charge in [0.15, 0.2) is 0 Å². The van der Waals surface area contributed by atoms with Gasteiger partial charge in [0.05, 0.1) is 12.7 Å². The molecule has 0 bridgehead atoms. The van der Waals surface area contributed by atoms with Crippen LogP contribution in [0.3, 0.4) is 0 Å². The highest BCUT2D eigenvalue weighted by Gasteiger charge is 2.10. The Morgan fingerprint density at radius 2 is 2.17 bits per heavy atom. The van der Waals surface area contributed by atoms with Gasteiger partial charge >= 0.3 is 0 Å². The zero-order valence-electron chi connectivity index (χ0n) is 11.2. The summed E-state index contributed by atoms with van der Waals surface area (Å²) in [5.41, 5.74) is 1.52. The fraction of sp³-hybridized carbons (Fsp3) is 0.571. The number of aryl methyl sites for hydroxylation is 1. The van der Waals surface area contributed by atoms with Gasteiger partial charge in [-0.3, -0.25) is 0 Å². The average Bonchev–Trinajstić information content (AvgIpc) is 2.36. The Labute approximate surface area is 108 Å². The summed E-state index contributed by atoms with van der Waals surface area (Å²) >= 11 is 0. The van der Waals surface area contributed by atoms with Gasteiger partial charge in [-0.1, -0.05) is 12.1 Å². The summed E-state index contributed by atoms with van der Waals surface area (Å²) in [4.78, 5) is 0. The van der Waals surface area contributed by atoms with Crippen molar-refractivity contribution in [2.24, 2.45) is 0 Å². The first-order valence-electron chi connectivity index (χ1n) is 6.29. The molecule has 2 unspecified atom stereocenters. The molecule has 0 aromatic heterocycles. The molecule has 102 valence electrons. The topological polar surface area (TPSA) is 41.5 Å². The molecule has 1 aromatic rings. The van der Waals surface area contributed by atoms with Crippen LogP contribution in [-0.2, 0) is 4.74 Å².